The highest BCUT2D eigenvalue weighted by Crippen LogP contribution is 2.46. The Morgan fingerprint density at radius 2 is 1.77 bits per heavy atom. The predicted molar refractivity (Wildman–Crippen MR) is 117 cm³/mol. The number of para-hydroxylation sites is 1. The normalized spacial score (nSPS) is 15.7. The van der Waals surface area contributed by atoms with E-state index in [1.807, 2.05) is 30.1 Å². The van der Waals surface area contributed by atoms with Crippen molar-refractivity contribution in [1.29, 1.82) is 0 Å². The topological polar surface area (TPSA) is 88.7 Å². The van der Waals surface area contributed by atoms with E-state index in [1.165, 1.54) is 6.08 Å². The molecule has 0 saturated carbocycles. The number of rotatable bonds is 6. The Labute approximate surface area is 182 Å². The molecule has 0 unspecified atom stereocenters. The fraction of sp³-hybridized carbons (Fsp3) is 0.375. The zero-order chi connectivity index (χ0) is 22.9. The predicted octanol–water partition coefficient (Wildman–Crippen LogP) is 3.85. The number of hydrogen-bond acceptors (Lipinski definition) is 6. The van der Waals surface area contributed by atoms with E-state index < -0.39 is 18.5 Å². The summed E-state index contributed by atoms with van der Waals surface area (Å²) in [4.78, 5) is 42.1. The zero-order valence-electron chi connectivity index (χ0n) is 18.8. The van der Waals surface area contributed by atoms with Crippen molar-refractivity contribution in [3.8, 4) is 0 Å². The molecule has 1 aliphatic heterocycles. The number of fused-ring (bicyclic) bond motifs is 1. The highest BCUT2D eigenvalue weighted by molar-refractivity contribution is 6.00. The maximum absolute atomic E-state index is 12.6. The van der Waals surface area contributed by atoms with Gasteiger partial charge in [-0.15, -0.1) is 0 Å². The van der Waals surface area contributed by atoms with Crippen LogP contribution in [0, 0.1) is 13.8 Å². The van der Waals surface area contributed by atoms with Crippen LogP contribution in [0.1, 0.15) is 58.4 Å². The summed E-state index contributed by atoms with van der Waals surface area (Å²) in [6.07, 6.45) is 1.53. The van der Waals surface area contributed by atoms with E-state index in [0.717, 1.165) is 16.9 Å². The number of hydrogen-bond donors (Lipinski definition) is 1. The lowest BCUT2D eigenvalue weighted by molar-refractivity contribution is -0.117. The SMILES string of the molecule is CCOC(=O)c1c(C)[nH]c(C(=O)OCC(=O)/C=C2\N(C)c3ccccc3C2(C)C)c1C. The van der Waals surface area contributed by atoms with E-state index >= 15 is 0 Å². The summed E-state index contributed by atoms with van der Waals surface area (Å²) in [5.41, 5.74) is 4.10. The van der Waals surface area contributed by atoms with Crippen molar-refractivity contribution in [3.05, 3.63) is 64.1 Å². The van der Waals surface area contributed by atoms with Crippen LogP contribution in [-0.2, 0) is 19.7 Å². The summed E-state index contributed by atoms with van der Waals surface area (Å²) < 4.78 is 10.3. The number of carbonyl (C=O) groups excluding carboxylic acids is 3. The van der Waals surface area contributed by atoms with Crippen molar-refractivity contribution < 1.29 is 23.9 Å². The van der Waals surface area contributed by atoms with Gasteiger partial charge in [-0.1, -0.05) is 32.0 Å². The largest absolute Gasteiger partial charge is 0.462 e. The van der Waals surface area contributed by atoms with Gasteiger partial charge in [0.25, 0.3) is 0 Å². The average Bonchev–Trinajstić information content (AvgIpc) is 3.12. The Morgan fingerprint density at radius 1 is 1.10 bits per heavy atom. The van der Waals surface area contributed by atoms with Gasteiger partial charge < -0.3 is 19.4 Å². The molecule has 1 aromatic heterocycles. The molecule has 0 fully saturated rings. The van der Waals surface area contributed by atoms with Gasteiger partial charge in [0.05, 0.1) is 12.2 Å². The molecule has 2 heterocycles. The fourth-order valence-electron chi connectivity index (χ4n) is 4.13. The van der Waals surface area contributed by atoms with Gasteiger partial charge in [0.2, 0.25) is 0 Å². The van der Waals surface area contributed by atoms with Crippen LogP contribution >= 0.6 is 0 Å². The van der Waals surface area contributed by atoms with Gasteiger partial charge in [-0.2, -0.15) is 0 Å². The molecule has 1 aromatic carbocycles. The number of aryl methyl sites for hydroxylation is 1. The number of nitrogens with zero attached hydrogens (tertiary/aromatic N) is 1. The monoisotopic (exact) mass is 424 g/mol. The smallest absolute Gasteiger partial charge is 0.355 e. The van der Waals surface area contributed by atoms with E-state index in [-0.39, 0.29) is 23.5 Å². The van der Waals surface area contributed by atoms with Gasteiger partial charge in [-0.3, -0.25) is 4.79 Å². The summed E-state index contributed by atoms with van der Waals surface area (Å²) in [6, 6.07) is 8.00. The molecule has 3 rings (SSSR count). The van der Waals surface area contributed by atoms with Crippen molar-refractivity contribution in [3.63, 3.8) is 0 Å². The number of ether oxygens (including phenoxy) is 2. The Kier molecular flexibility index (Phi) is 6.06. The third-order valence-electron chi connectivity index (χ3n) is 5.70. The lowest BCUT2D eigenvalue weighted by Crippen LogP contribution is -2.25. The van der Waals surface area contributed by atoms with Crippen LogP contribution in [0.15, 0.2) is 36.0 Å². The van der Waals surface area contributed by atoms with Crippen LogP contribution in [-0.4, -0.2) is 43.0 Å². The van der Waals surface area contributed by atoms with E-state index in [9.17, 15) is 14.4 Å². The second-order valence-corrected chi connectivity index (χ2v) is 8.12. The Balaban J connectivity index is 1.73. The first-order valence-electron chi connectivity index (χ1n) is 10.2. The maximum atomic E-state index is 12.6. The molecule has 1 N–H and O–H groups in total. The number of aromatic amines is 1. The third-order valence-corrected chi connectivity index (χ3v) is 5.70. The molecule has 0 bridgehead atoms. The molecule has 0 amide bonds. The first kappa shape index (κ1) is 22.3. The number of allylic oxidation sites excluding steroid dienone is 1. The number of ketones is 1. The van der Waals surface area contributed by atoms with Crippen molar-refractivity contribution in [2.75, 3.05) is 25.2 Å². The lowest BCUT2D eigenvalue weighted by atomic mass is 9.83. The van der Waals surface area contributed by atoms with Gasteiger partial charge in [0.15, 0.2) is 12.4 Å². The Morgan fingerprint density at radius 3 is 2.42 bits per heavy atom. The summed E-state index contributed by atoms with van der Waals surface area (Å²) in [7, 11) is 1.92. The van der Waals surface area contributed by atoms with Gasteiger partial charge in [0.1, 0.15) is 5.69 Å². The molecule has 7 nitrogen and oxygen atoms in total. The van der Waals surface area contributed by atoms with Gasteiger partial charge in [-0.05, 0) is 38.0 Å². The number of aromatic nitrogens is 1. The summed E-state index contributed by atoms with van der Waals surface area (Å²) in [5, 5.41) is 0. The highest BCUT2D eigenvalue weighted by atomic mass is 16.5. The molecule has 164 valence electrons. The molecular formula is C24H28N2O5. The Bertz CT molecular complexity index is 1080. The van der Waals surface area contributed by atoms with E-state index in [1.54, 1.807) is 20.8 Å². The standard InChI is InChI=1S/C24H28N2O5/c1-7-30-22(28)20-14(2)21(25-15(20)3)23(29)31-13-16(27)12-19-24(4,5)17-10-8-9-11-18(17)26(19)6/h8-12,25H,7,13H2,1-6H3/b19-12-. The number of esters is 2. The van der Waals surface area contributed by atoms with Crippen LogP contribution in [0.2, 0.25) is 0 Å². The molecule has 0 saturated heterocycles. The minimum atomic E-state index is -0.690. The van der Waals surface area contributed by atoms with Crippen molar-refractivity contribution in [1.82, 2.24) is 4.98 Å². The number of anilines is 1. The van der Waals surface area contributed by atoms with Crippen LogP contribution in [0.25, 0.3) is 0 Å². The molecule has 7 heteroatoms. The quantitative estimate of drug-likeness (QED) is 0.560. The van der Waals surface area contributed by atoms with Gasteiger partial charge in [0, 0.05) is 35.6 Å². The summed E-state index contributed by atoms with van der Waals surface area (Å²) in [5.74, 6) is -1.51. The van der Waals surface area contributed by atoms with E-state index in [4.69, 9.17) is 9.47 Å². The number of nitrogens with one attached hydrogen (secondary N) is 1. The first-order chi connectivity index (χ1) is 14.6. The lowest BCUT2D eigenvalue weighted by Gasteiger charge is -2.23. The molecule has 31 heavy (non-hydrogen) atoms. The maximum Gasteiger partial charge on any atom is 0.355 e. The van der Waals surface area contributed by atoms with Gasteiger partial charge >= 0.3 is 11.9 Å². The second kappa shape index (κ2) is 8.41. The minimum absolute atomic E-state index is 0.145. The Hall–Kier alpha value is -3.35. The van der Waals surface area contributed by atoms with Crippen molar-refractivity contribution >= 4 is 23.4 Å². The summed E-state index contributed by atoms with van der Waals surface area (Å²) in [6.45, 7) is 9.00. The third kappa shape index (κ3) is 4.00. The van der Waals surface area contributed by atoms with Crippen LogP contribution in [0.4, 0.5) is 5.69 Å². The minimum Gasteiger partial charge on any atom is -0.462 e. The number of carbonyl (C=O) groups is 3. The van der Waals surface area contributed by atoms with Crippen LogP contribution in [0.5, 0.6) is 0 Å². The van der Waals surface area contributed by atoms with E-state index in [0.29, 0.717) is 16.8 Å². The van der Waals surface area contributed by atoms with Crippen LogP contribution in [0.3, 0.4) is 0 Å². The molecule has 0 aliphatic carbocycles. The second-order valence-electron chi connectivity index (χ2n) is 8.12. The summed E-state index contributed by atoms with van der Waals surface area (Å²) >= 11 is 0. The molecule has 1 aliphatic rings. The van der Waals surface area contributed by atoms with E-state index in [2.05, 4.69) is 24.9 Å². The highest BCUT2D eigenvalue weighted by Gasteiger charge is 2.38. The molecular weight excluding hydrogens is 396 g/mol. The number of benzene rings is 1. The number of H-pyrrole nitrogens is 1. The molecule has 2 aromatic rings. The van der Waals surface area contributed by atoms with Gasteiger partial charge in [-0.25, -0.2) is 9.59 Å². The van der Waals surface area contributed by atoms with Crippen LogP contribution < -0.4 is 4.90 Å². The molecule has 0 spiro atoms. The zero-order valence-corrected chi connectivity index (χ0v) is 18.8. The van der Waals surface area contributed by atoms with Crippen molar-refractivity contribution in [2.24, 2.45) is 0 Å². The van der Waals surface area contributed by atoms with Crippen molar-refractivity contribution in [2.45, 2.75) is 40.0 Å². The average molecular weight is 424 g/mol. The number of likely N-dealkylation sites (N-methyl/N-ethyl adjacent to an activating group) is 1. The molecule has 0 radical (unpaired) electrons. The molecule has 0 atom stereocenters. The first-order valence-corrected chi connectivity index (χ1v) is 10.2. The fourth-order valence-corrected chi connectivity index (χ4v) is 4.13.